The predicted molar refractivity (Wildman–Crippen MR) is 81.0 cm³/mol. The summed E-state index contributed by atoms with van der Waals surface area (Å²) in [6, 6.07) is 0. The molecule has 1 saturated heterocycles. The average molecular weight is 366 g/mol. The zero-order valence-corrected chi connectivity index (χ0v) is 13.5. The maximum atomic E-state index is 11.5. The van der Waals surface area contributed by atoms with Gasteiger partial charge in [0, 0.05) is 32.6 Å². The lowest BCUT2D eigenvalue weighted by Crippen LogP contribution is -2.41. The summed E-state index contributed by atoms with van der Waals surface area (Å²) in [5, 5.41) is 0. The number of alkyl halides is 1. The van der Waals surface area contributed by atoms with Crippen LogP contribution in [0.5, 0.6) is 0 Å². The molecular weight excluding hydrogens is 343 g/mol. The lowest BCUT2D eigenvalue weighted by molar-refractivity contribution is -0.129. The standard InChI is InChI=1S/C13H23IN2O2/c1-11(17)3-6-15(2)10-12-4-7-16(8-5-12)13(18)9-14/h12H,3-10H2,1-2H3. The molecule has 0 radical (unpaired) electrons. The van der Waals surface area contributed by atoms with Crippen LogP contribution in [0.25, 0.3) is 0 Å². The summed E-state index contributed by atoms with van der Waals surface area (Å²) in [4.78, 5) is 26.7. The number of halogens is 1. The van der Waals surface area contributed by atoms with Gasteiger partial charge < -0.3 is 9.80 Å². The number of carbonyl (C=O) groups is 2. The SMILES string of the molecule is CC(=O)CCN(C)CC1CCN(C(=O)CI)CC1. The molecule has 0 aromatic rings. The third-order valence-electron chi connectivity index (χ3n) is 3.50. The van der Waals surface area contributed by atoms with Crippen molar-refractivity contribution in [1.82, 2.24) is 9.80 Å². The molecule has 0 bridgehead atoms. The molecule has 1 aliphatic rings. The fourth-order valence-corrected chi connectivity index (χ4v) is 2.81. The van der Waals surface area contributed by atoms with Gasteiger partial charge in [-0.2, -0.15) is 0 Å². The van der Waals surface area contributed by atoms with Gasteiger partial charge in [-0.15, -0.1) is 0 Å². The maximum absolute atomic E-state index is 11.5. The molecule has 0 N–H and O–H groups in total. The van der Waals surface area contributed by atoms with Gasteiger partial charge >= 0.3 is 0 Å². The van der Waals surface area contributed by atoms with Crippen molar-refractivity contribution < 1.29 is 9.59 Å². The van der Waals surface area contributed by atoms with Crippen LogP contribution in [0.2, 0.25) is 0 Å². The largest absolute Gasteiger partial charge is 0.342 e. The number of carbonyl (C=O) groups excluding carboxylic acids is 2. The van der Waals surface area contributed by atoms with Gasteiger partial charge in [-0.3, -0.25) is 9.59 Å². The highest BCUT2D eigenvalue weighted by atomic mass is 127. The lowest BCUT2D eigenvalue weighted by atomic mass is 9.96. The van der Waals surface area contributed by atoms with Crippen LogP contribution in [0, 0.1) is 5.92 Å². The first-order valence-corrected chi connectivity index (χ1v) is 8.07. The van der Waals surface area contributed by atoms with Gasteiger partial charge in [-0.05, 0) is 32.7 Å². The van der Waals surface area contributed by atoms with E-state index in [0.717, 1.165) is 39.0 Å². The molecular formula is C13H23IN2O2. The first kappa shape index (κ1) is 15.9. The Hall–Kier alpha value is -0.170. The topological polar surface area (TPSA) is 40.6 Å². The molecule has 0 spiro atoms. The summed E-state index contributed by atoms with van der Waals surface area (Å²) < 4.78 is 0.584. The molecule has 1 rings (SSSR count). The third-order valence-corrected chi connectivity index (χ3v) is 4.15. The van der Waals surface area contributed by atoms with Crippen molar-refractivity contribution >= 4 is 34.3 Å². The molecule has 4 nitrogen and oxygen atoms in total. The van der Waals surface area contributed by atoms with Crippen LogP contribution < -0.4 is 0 Å². The summed E-state index contributed by atoms with van der Waals surface area (Å²) in [5.74, 6) is 1.18. The second-order valence-electron chi connectivity index (χ2n) is 5.17. The van der Waals surface area contributed by atoms with Crippen LogP contribution in [0.15, 0.2) is 0 Å². The zero-order valence-electron chi connectivity index (χ0n) is 11.3. The van der Waals surface area contributed by atoms with E-state index in [1.165, 1.54) is 0 Å². The van der Waals surface area contributed by atoms with Gasteiger partial charge in [0.25, 0.3) is 0 Å². The molecule has 104 valence electrons. The van der Waals surface area contributed by atoms with Crippen molar-refractivity contribution in [2.45, 2.75) is 26.2 Å². The van der Waals surface area contributed by atoms with Crippen LogP contribution in [0.1, 0.15) is 26.2 Å². The first-order valence-electron chi connectivity index (χ1n) is 6.54. The Bertz CT molecular complexity index is 289. The highest BCUT2D eigenvalue weighted by Crippen LogP contribution is 2.18. The Morgan fingerprint density at radius 3 is 2.44 bits per heavy atom. The number of ketones is 1. The summed E-state index contributed by atoms with van der Waals surface area (Å²) in [6.45, 7) is 5.32. The Kier molecular flexibility index (Phi) is 7.14. The fraction of sp³-hybridized carbons (Fsp3) is 0.846. The Balaban J connectivity index is 2.22. The van der Waals surface area contributed by atoms with Crippen LogP contribution >= 0.6 is 22.6 Å². The molecule has 0 aliphatic carbocycles. The Labute approximate surface area is 123 Å². The van der Waals surface area contributed by atoms with Crippen LogP contribution in [-0.2, 0) is 9.59 Å². The van der Waals surface area contributed by atoms with E-state index in [1.807, 2.05) is 4.90 Å². The number of Topliss-reactive ketones (excluding diaryl/α,β-unsaturated/α-hetero) is 1. The molecule has 1 amide bonds. The minimum atomic E-state index is 0.254. The smallest absolute Gasteiger partial charge is 0.232 e. The van der Waals surface area contributed by atoms with Crippen LogP contribution in [0.3, 0.4) is 0 Å². The van der Waals surface area contributed by atoms with Gasteiger partial charge in [-0.25, -0.2) is 0 Å². The fourth-order valence-electron chi connectivity index (χ4n) is 2.33. The molecule has 18 heavy (non-hydrogen) atoms. The molecule has 5 heteroatoms. The van der Waals surface area contributed by atoms with E-state index in [4.69, 9.17) is 0 Å². The zero-order chi connectivity index (χ0) is 13.5. The second-order valence-corrected chi connectivity index (χ2v) is 5.93. The molecule has 1 aliphatic heterocycles. The molecule has 1 heterocycles. The number of rotatable bonds is 6. The normalized spacial score (nSPS) is 17.2. The molecule has 0 aromatic carbocycles. The first-order chi connectivity index (χ1) is 8.52. The van der Waals surface area contributed by atoms with Gasteiger partial charge in [0.15, 0.2) is 0 Å². The number of hydrogen-bond donors (Lipinski definition) is 0. The monoisotopic (exact) mass is 366 g/mol. The van der Waals surface area contributed by atoms with E-state index in [0.29, 0.717) is 16.8 Å². The van der Waals surface area contributed by atoms with E-state index in [-0.39, 0.29) is 11.7 Å². The number of nitrogens with zero attached hydrogens (tertiary/aromatic N) is 2. The van der Waals surface area contributed by atoms with Crippen molar-refractivity contribution in [2.24, 2.45) is 5.92 Å². The molecule has 1 fully saturated rings. The minimum Gasteiger partial charge on any atom is -0.342 e. The van der Waals surface area contributed by atoms with E-state index < -0.39 is 0 Å². The maximum Gasteiger partial charge on any atom is 0.232 e. The van der Waals surface area contributed by atoms with Gasteiger partial charge in [0.1, 0.15) is 5.78 Å². The quantitative estimate of drug-likeness (QED) is 0.529. The molecule has 0 atom stereocenters. The van der Waals surface area contributed by atoms with E-state index in [2.05, 4.69) is 34.5 Å². The number of hydrogen-bond acceptors (Lipinski definition) is 3. The average Bonchev–Trinajstić information content (AvgIpc) is 2.36. The van der Waals surface area contributed by atoms with E-state index in [1.54, 1.807) is 6.92 Å². The second kappa shape index (κ2) is 8.09. The van der Waals surface area contributed by atoms with Gasteiger partial charge in [-0.1, -0.05) is 22.6 Å². The van der Waals surface area contributed by atoms with Gasteiger partial charge in [0.05, 0.1) is 4.43 Å². The van der Waals surface area contributed by atoms with Crippen molar-refractivity contribution in [3.8, 4) is 0 Å². The van der Waals surface area contributed by atoms with Crippen molar-refractivity contribution in [3.05, 3.63) is 0 Å². The minimum absolute atomic E-state index is 0.254. The molecule has 0 aromatic heterocycles. The van der Waals surface area contributed by atoms with E-state index >= 15 is 0 Å². The Morgan fingerprint density at radius 1 is 1.33 bits per heavy atom. The number of piperidine rings is 1. The summed E-state index contributed by atoms with van der Waals surface area (Å²) in [7, 11) is 2.07. The van der Waals surface area contributed by atoms with Gasteiger partial charge in [0.2, 0.25) is 5.91 Å². The number of amides is 1. The van der Waals surface area contributed by atoms with Crippen molar-refractivity contribution in [3.63, 3.8) is 0 Å². The van der Waals surface area contributed by atoms with Crippen molar-refractivity contribution in [2.75, 3.05) is 37.7 Å². The summed E-state index contributed by atoms with van der Waals surface area (Å²) >= 11 is 2.13. The van der Waals surface area contributed by atoms with Crippen LogP contribution in [0.4, 0.5) is 0 Å². The molecule has 0 unspecified atom stereocenters. The highest BCUT2D eigenvalue weighted by molar-refractivity contribution is 14.1. The Morgan fingerprint density at radius 2 is 1.94 bits per heavy atom. The number of likely N-dealkylation sites (tertiary alicyclic amines) is 1. The summed E-state index contributed by atoms with van der Waals surface area (Å²) in [6.07, 6.45) is 2.82. The van der Waals surface area contributed by atoms with Crippen LogP contribution in [-0.4, -0.2) is 59.1 Å². The highest BCUT2D eigenvalue weighted by Gasteiger charge is 2.22. The predicted octanol–water partition coefficient (Wildman–Crippen LogP) is 1.57. The lowest BCUT2D eigenvalue weighted by Gasteiger charge is -2.33. The summed E-state index contributed by atoms with van der Waals surface area (Å²) in [5.41, 5.74) is 0. The third kappa shape index (κ3) is 5.65. The molecule has 0 saturated carbocycles. The van der Waals surface area contributed by atoms with E-state index in [9.17, 15) is 9.59 Å². The van der Waals surface area contributed by atoms with Crippen molar-refractivity contribution in [1.29, 1.82) is 0 Å².